The van der Waals surface area contributed by atoms with Crippen molar-refractivity contribution in [1.82, 2.24) is 15.0 Å². The lowest BCUT2D eigenvalue weighted by molar-refractivity contribution is -0.123. The van der Waals surface area contributed by atoms with Gasteiger partial charge in [0.05, 0.1) is 6.21 Å². The molecule has 31 heavy (non-hydrogen) atoms. The number of hydrazone groups is 1. The van der Waals surface area contributed by atoms with Gasteiger partial charge in [-0.2, -0.15) is 5.10 Å². The molecule has 4 rings (SSSR count). The third kappa shape index (κ3) is 4.40. The lowest BCUT2D eigenvalue weighted by Crippen LogP contribution is -2.24. The first-order valence-corrected chi connectivity index (χ1v) is 9.80. The molecule has 2 aromatic carbocycles. The molecular weight excluding hydrogens is 392 g/mol. The minimum absolute atomic E-state index is 0.167. The zero-order valence-corrected chi connectivity index (χ0v) is 17.2. The van der Waals surface area contributed by atoms with Gasteiger partial charge >= 0.3 is 0 Å². The van der Waals surface area contributed by atoms with Crippen molar-refractivity contribution in [3.05, 3.63) is 83.8 Å². The van der Waals surface area contributed by atoms with Gasteiger partial charge in [-0.05, 0) is 56.3 Å². The Kier molecular flexibility index (Phi) is 5.66. The van der Waals surface area contributed by atoms with Crippen LogP contribution in [0.1, 0.15) is 17.0 Å². The molecule has 0 saturated heterocycles. The Balaban J connectivity index is 1.40. The number of carbonyl (C=O) groups excluding carboxylic acids is 1. The van der Waals surface area contributed by atoms with Gasteiger partial charge in [0.25, 0.3) is 5.91 Å². The molecule has 7 heteroatoms. The van der Waals surface area contributed by atoms with Crippen LogP contribution in [0.3, 0.4) is 0 Å². The molecule has 2 heterocycles. The van der Waals surface area contributed by atoms with Crippen molar-refractivity contribution in [2.75, 3.05) is 6.61 Å². The summed E-state index contributed by atoms with van der Waals surface area (Å²) in [5.74, 6) is 0.406. The van der Waals surface area contributed by atoms with Gasteiger partial charge in [0.15, 0.2) is 6.61 Å². The lowest BCUT2D eigenvalue weighted by atomic mass is 10.2. The number of hydrogen-bond acceptors (Lipinski definition) is 5. The number of nitrogens with zero attached hydrogens (tertiary/aromatic N) is 3. The number of phenolic OH excluding ortho intramolecular Hbond substituents is 1. The molecule has 0 atom stereocenters. The highest BCUT2D eigenvalue weighted by molar-refractivity contribution is 5.86. The van der Waals surface area contributed by atoms with Crippen LogP contribution in [0.25, 0.3) is 16.6 Å². The standard InChI is InChI=1S/C24H22N4O3/c1-16-13-19(17(2)28(16)20-8-10-21(29)11-9-20)14-26-27-23(30)15-31-22-7-3-5-18-6-4-12-25-24(18)22/h3-14,29H,15H2,1-2H3,(H,27,30)/b26-14-. The van der Waals surface area contributed by atoms with E-state index in [2.05, 4.69) is 20.1 Å². The smallest absolute Gasteiger partial charge is 0.277 e. The van der Waals surface area contributed by atoms with E-state index in [0.717, 1.165) is 28.0 Å². The Morgan fingerprint density at radius 3 is 2.74 bits per heavy atom. The second-order valence-electron chi connectivity index (χ2n) is 7.09. The quantitative estimate of drug-likeness (QED) is 0.370. The fraction of sp³-hybridized carbons (Fsp3) is 0.125. The number of pyridine rings is 1. The number of fused-ring (bicyclic) bond motifs is 1. The van der Waals surface area contributed by atoms with Crippen molar-refractivity contribution < 1.29 is 14.6 Å². The fourth-order valence-corrected chi connectivity index (χ4v) is 3.46. The number of amides is 1. The maximum atomic E-state index is 12.2. The summed E-state index contributed by atoms with van der Waals surface area (Å²) in [5, 5.41) is 14.5. The predicted octanol–water partition coefficient (Wildman–Crippen LogP) is 3.88. The largest absolute Gasteiger partial charge is 0.508 e. The SMILES string of the molecule is Cc1cc(/C=N\NC(=O)COc2cccc3cccnc23)c(C)n1-c1ccc(O)cc1. The van der Waals surface area contributed by atoms with Gasteiger partial charge in [0.2, 0.25) is 0 Å². The molecule has 156 valence electrons. The van der Waals surface area contributed by atoms with E-state index < -0.39 is 0 Å². The first-order chi connectivity index (χ1) is 15.0. The number of phenols is 1. The first kappa shape index (κ1) is 20.2. The Hall–Kier alpha value is -4.13. The number of para-hydroxylation sites is 1. The number of benzene rings is 2. The van der Waals surface area contributed by atoms with Crippen LogP contribution in [0.4, 0.5) is 0 Å². The predicted molar refractivity (Wildman–Crippen MR) is 120 cm³/mol. The number of aromatic hydroxyl groups is 1. The van der Waals surface area contributed by atoms with E-state index in [9.17, 15) is 9.90 Å². The maximum absolute atomic E-state index is 12.2. The molecule has 2 N–H and O–H groups in total. The van der Waals surface area contributed by atoms with Crippen LogP contribution in [-0.4, -0.2) is 33.4 Å². The van der Waals surface area contributed by atoms with Crippen molar-refractivity contribution in [3.8, 4) is 17.2 Å². The molecule has 0 saturated carbocycles. The Morgan fingerprint density at radius 1 is 1.16 bits per heavy atom. The van der Waals surface area contributed by atoms with Crippen LogP contribution in [0.2, 0.25) is 0 Å². The number of aryl methyl sites for hydroxylation is 1. The summed E-state index contributed by atoms with van der Waals surface area (Å²) < 4.78 is 7.68. The van der Waals surface area contributed by atoms with Crippen LogP contribution in [0.15, 0.2) is 72.0 Å². The van der Waals surface area contributed by atoms with E-state index in [1.807, 2.05) is 56.3 Å². The third-order valence-electron chi connectivity index (χ3n) is 4.93. The molecule has 0 bridgehead atoms. The van der Waals surface area contributed by atoms with Crippen molar-refractivity contribution in [1.29, 1.82) is 0 Å². The number of ether oxygens (including phenoxy) is 1. The number of carbonyl (C=O) groups is 1. The van der Waals surface area contributed by atoms with Gasteiger partial charge in [-0.15, -0.1) is 0 Å². The summed E-state index contributed by atoms with van der Waals surface area (Å²) in [6.45, 7) is 3.79. The second kappa shape index (κ2) is 8.71. The van der Waals surface area contributed by atoms with Gasteiger partial charge in [-0.25, -0.2) is 5.43 Å². The molecule has 0 aliphatic carbocycles. The van der Waals surface area contributed by atoms with E-state index in [1.165, 1.54) is 0 Å². The summed E-state index contributed by atoms with van der Waals surface area (Å²) in [6.07, 6.45) is 3.30. The Bertz CT molecular complexity index is 1250. The normalized spacial score (nSPS) is 11.2. The van der Waals surface area contributed by atoms with E-state index in [4.69, 9.17) is 4.74 Å². The molecular formula is C24H22N4O3. The van der Waals surface area contributed by atoms with Gasteiger partial charge in [-0.1, -0.05) is 18.2 Å². The topological polar surface area (TPSA) is 88.7 Å². The number of aromatic nitrogens is 2. The molecule has 2 aromatic heterocycles. The number of nitrogens with one attached hydrogen (secondary N) is 1. The van der Waals surface area contributed by atoms with Gasteiger partial charge in [-0.3, -0.25) is 9.78 Å². The molecule has 0 unspecified atom stereocenters. The summed E-state index contributed by atoms with van der Waals surface area (Å²) in [6, 6.07) is 18.3. The van der Waals surface area contributed by atoms with E-state index >= 15 is 0 Å². The lowest BCUT2D eigenvalue weighted by Gasteiger charge is -2.09. The van der Waals surface area contributed by atoms with Crippen LogP contribution in [0, 0.1) is 13.8 Å². The highest BCUT2D eigenvalue weighted by Gasteiger charge is 2.10. The molecule has 0 aliphatic heterocycles. The van der Waals surface area contributed by atoms with E-state index in [-0.39, 0.29) is 18.3 Å². The fourth-order valence-electron chi connectivity index (χ4n) is 3.46. The Labute approximate surface area is 179 Å². The minimum atomic E-state index is -0.364. The number of hydrogen-bond donors (Lipinski definition) is 2. The first-order valence-electron chi connectivity index (χ1n) is 9.80. The Morgan fingerprint density at radius 2 is 1.94 bits per heavy atom. The monoisotopic (exact) mass is 414 g/mol. The van der Waals surface area contributed by atoms with Crippen LogP contribution >= 0.6 is 0 Å². The highest BCUT2D eigenvalue weighted by atomic mass is 16.5. The average molecular weight is 414 g/mol. The molecule has 7 nitrogen and oxygen atoms in total. The van der Waals surface area contributed by atoms with Crippen molar-refractivity contribution in [3.63, 3.8) is 0 Å². The highest BCUT2D eigenvalue weighted by Crippen LogP contribution is 2.23. The minimum Gasteiger partial charge on any atom is -0.508 e. The van der Waals surface area contributed by atoms with E-state index in [1.54, 1.807) is 30.6 Å². The molecule has 0 fully saturated rings. The molecule has 1 amide bonds. The van der Waals surface area contributed by atoms with Crippen molar-refractivity contribution in [2.24, 2.45) is 5.10 Å². The van der Waals surface area contributed by atoms with Gasteiger partial charge in [0.1, 0.15) is 17.0 Å². The van der Waals surface area contributed by atoms with Crippen molar-refractivity contribution >= 4 is 23.0 Å². The van der Waals surface area contributed by atoms with Crippen molar-refractivity contribution in [2.45, 2.75) is 13.8 Å². The molecule has 0 spiro atoms. The van der Waals surface area contributed by atoms with Crippen LogP contribution < -0.4 is 10.2 Å². The zero-order chi connectivity index (χ0) is 21.8. The van der Waals surface area contributed by atoms with Crippen LogP contribution in [0.5, 0.6) is 11.5 Å². The second-order valence-corrected chi connectivity index (χ2v) is 7.09. The van der Waals surface area contributed by atoms with E-state index in [0.29, 0.717) is 11.3 Å². The summed E-state index contributed by atoms with van der Waals surface area (Å²) in [4.78, 5) is 16.5. The molecule has 0 radical (unpaired) electrons. The maximum Gasteiger partial charge on any atom is 0.277 e. The summed E-state index contributed by atoms with van der Waals surface area (Å²) >= 11 is 0. The summed E-state index contributed by atoms with van der Waals surface area (Å²) in [5.41, 5.74) is 7.01. The van der Waals surface area contributed by atoms with Gasteiger partial charge in [0, 0.05) is 34.2 Å². The van der Waals surface area contributed by atoms with Gasteiger partial charge < -0.3 is 14.4 Å². The number of rotatable bonds is 6. The summed E-state index contributed by atoms with van der Waals surface area (Å²) in [7, 11) is 0. The molecule has 4 aromatic rings. The average Bonchev–Trinajstić information content (AvgIpc) is 3.06. The zero-order valence-electron chi connectivity index (χ0n) is 17.2. The van der Waals surface area contributed by atoms with Crippen LogP contribution in [-0.2, 0) is 4.79 Å². The third-order valence-corrected chi connectivity index (χ3v) is 4.93. The molecule has 0 aliphatic rings.